The molecule has 1 aliphatic rings. The van der Waals surface area contributed by atoms with Crippen LogP contribution in [0.2, 0.25) is 0 Å². The number of halogens is 3. The Kier molecular flexibility index (Phi) is 4.11. The van der Waals surface area contributed by atoms with E-state index in [2.05, 4.69) is 4.98 Å². The highest BCUT2D eigenvalue weighted by atomic mass is 32.1. The molecule has 1 aromatic heterocycles. The minimum absolute atomic E-state index is 0.191. The number of benzene rings is 1. The Bertz CT molecular complexity index is 730. The normalized spacial score (nSPS) is 18.4. The number of amides is 1. The summed E-state index contributed by atoms with van der Waals surface area (Å²) in [5, 5.41) is 11.4. The molecule has 1 amide bonds. The van der Waals surface area contributed by atoms with Crippen molar-refractivity contribution in [3.8, 4) is 10.6 Å². The lowest BCUT2D eigenvalue weighted by Gasteiger charge is -2.13. The highest BCUT2D eigenvalue weighted by Crippen LogP contribution is 2.33. The van der Waals surface area contributed by atoms with E-state index in [-0.39, 0.29) is 18.1 Å². The molecule has 0 unspecified atom stereocenters. The van der Waals surface area contributed by atoms with Gasteiger partial charge in [0.1, 0.15) is 10.7 Å². The SMILES string of the molecule is O=C(c1csc(-c2cccc(C(F)(F)F)c2)n1)N1CC[C@@H](O)C1. The number of aliphatic hydroxyl groups is 1. The molecule has 0 spiro atoms. The van der Waals surface area contributed by atoms with Gasteiger partial charge in [-0.3, -0.25) is 4.79 Å². The third-order valence-electron chi connectivity index (χ3n) is 3.61. The number of β-amino-alcohol motifs (C(OH)–C–C–N with tert-alkyl or cyclic N) is 1. The van der Waals surface area contributed by atoms with E-state index in [1.807, 2.05) is 0 Å². The number of rotatable bonds is 2. The molecule has 122 valence electrons. The Labute approximate surface area is 134 Å². The molecule has 1 atom stereocenters. The maximum absolute atomic E-state index is 12.8. The van der Waals surface area contributed by atoms with Gasteiger partial charge >= 0.3 is 6.18 Å². The van der Waals surface area contributed by atoms with E-state index in [1.165, 1.54) is 22.4 Å². The third kappa shape index (κ3) is 3.37. The number of aliphatic hydroxyl groups excluding tert-OH is 1. The summed E-state index contributed by atoms with van der Waals surface area (Å²) in [4.78, 5) is 17.9. The van der Waals surface area contributed by atoms with E-state index in [9.17, 15) is 23.1 Å². The standard InChI is InChI=1S/C15H13F3N2O2S/c16-15(17,18)10-3-1-2-9(6-10)13-19-12(8-23-13)14(22)20-5-4-11(21)7-20/h1-3,6,8,11,21H,4-5,7H2/t11-/m1/s1. The van der Waals surface area contributed by atoms with Crippen molar-refractivity contribution in [3.63, 3.8) is 0 Å². The predicted molar refractivity (Wildman–Crippen MR) is 79.1 cm³/mol. The van der Waals surface area contributed by atoms with Crippen molar-refractivity contribution in [2.75, 3.05) is 13.1 Å². The first-order valence-electron chi connectivity index (χ1n) is 6.95. The van der Waals surface area contributed by atoms with Crippen molar-refractivity contribution < 1.29 is 23.1 Å². The van der Waals surface area contributed by atoms with Gasteiger partial charge in [-0.05, 0) is 18.6 Å². The van der Waals surface area contributed by atoms with Crippen molar-refractivity contribution in [3.05, 3.63) is 40.9 Å². The average molecular weight is 342 g/mol. The molecule has 1 saturated heterocycles. The highest BCUT2D eigenvalue weighted by Gasteiger charge is 2.31. The molecule has 0 radical (unpaired) electrons. The van der Waals surface area contributed by atoms with Crippen molar-refractivity contribution in [2.24, 2.45) is 0 Å². The molecule has 0 bridgehead atoms. The highest BCUT2D eigenvalue weighted by molar-refractivity contribution is 7.13. The van der Waals surface area contributed by atoms with E-state index in [1.54, 1.807) is 0 Å². The molecule has 1 fully saturated rings. The van der Waals surface area contributed by atoms with Gasteiger partial charge in [-0.25, -0.2) is 4.98 Å². The van der Waals surface area contributed by atoms with Crippen LogP contribution in [-0.2, 0) is 6.18 Å². The van der Waals surface area contributed by atoms with E-state index in [4.69, 9.17) is 0 Å². The second kappa shape index (κ2) is 5.93. The Morgan fingerprint density at radius 2 is 2.17 bits per heavy atom. The van der Waals surface area contributed by atoms with Crippen LogP contribution in [0.15, 0.2) is 29.6 Å². The fraction of sp³-hybridized carbons (Fsp3) is 0.333. The third-order valence-corrected chi connectivity index (χ3v) is 4.50. The Morgan fingerprint density at radius 1 is 1.39 bits per heavy atom. The maximum atomic E-state index is 12.8. The summed E-state index contributed by atoms with van der Waals surface area (Å²) in [6.45, 7) is 0.714. The van der Waals surface area contributed by atoms with Gasteiger partial charge in [0.05, 0.1) is 11.7 Å². The lowest BCUT2D eigenvalue weighted by Crippen LogP contribution is -2.29. The fourth-order valence-electron chi connectivity index (χ4n) is 2.42. The largest absolute Gasteiger partial charge is 0.416 e. The molecule has 0 saturated carbocycles. The van der Waals surface area contributed by atoms with Crippen molar-refractivity contribution in [2.45, 2.75) is 18.7 Å². The van der Waals surface area contributed by atoms with Crippen molar-refractivity contribution >= 4 is 17.2 Å². The Hall–Kier alpha value is -1.93. The summed E-state index contributed by atoms with van der Waals surface area (Å²) in [7, 11) is 0. The molecule has 0 aliphatic carbocycles. The smallest absolute Gasteiger partial charge is 0.391 e. The first kappa shape index (κ1) is 15.9. The van der Waals surface area contributed by atoms with Crippen molar-refractivity contribution in [1.82, 2.24) is 9.88 Å². The number of hydrogen-bond donors (Lipinski definition) is 1. The lowest BCUT2D eigenvalue weighted by molar-refractivity contribution is -0.137. The van der Waals surface area contributed by atoms with Crippen LogP contribution in [0.4, 0.5) is 13.2 Å². The molecular formula is C15H13F3N2O2S. The van der Waals surface area contributed by atoms with Gasteiger partial charge < -0.3 is 10.0 Å². The molecule has 4 nitrogen and oxygen atoms in total. The second-order valence-electron chi connectivity index (χ2n) is 5.31. The molecule has 1 aromatic carbocycles. The van der Waals surface area contributed by atoms with Gasteiger partial charge in [-0.1, -0.05) is 12.1 Å². The zero-order valence-corrected chi connectivity index (χ0v) is 12.7. The molecule has 2 heterocycles. The summed E-state index contributed by atoms with van der Waals surface area (Å²) in [6.07, 6.45) is -4.42. The van der Waals surface area contributed by atoms with E-state index < -0.39 is 17.8 Å². The van der Waals surface area contributed by atoms with Gasteiger partial charge in [-0.2, -0.15) is 13.2 Å². The van der Waals surface area contributed by atoms with Crippen LogP contribution in [0, 0.1) is 0 Å². The number of alkyl halides is 3. The molecule has 23 heavy (non-hydrogen) atoms. The van der Waals surface area contributed by atoms with Crippen LogP contribution in [0.3, 0.4) is 0 Å². The number of aromatic nitrogens is 1. The van der Waals surface area contributed by atoms with Crippen LogP contribution in [0.1, 0.15) is 22.5 Å². The zero-order valence-electron chi connectivity index (χ0n) is 11.9. The summed E-state index contributed by atoms with van der Waals surface area (Å²) in [5.41, 5.74) is -0.234. The lowest BCUT2D eigenvalue weighted by atomic mass is 10.1. The fourth-order valence-corrected chi connectivity index (χ4v) is 3.21. The van der Waals surface area contributed by atoms with Crippen LogP contribution in [0.5, 0.6) is 0 Å². The van der Waals surface area contributed by atoms with Crippen LogP contribution < -0.4 is 0 Å². The molecule has 3 rings (SSSR count). The van der Waals surface area contributed by atoms with E-state index in [0.717, 1.165) is 23.5 Å². The van der Waals surface area contributed by atoms with Crippen molar-refractivity contribution in [1.29, 1.82) is 0 Å². The van der Waals surface area contributed by atoms with E-state index in [0.29, 0.717) is 23.5 Å². The topological polar surface area (TPSA) is 53.4 Å². The first-order valence-corrected chi connectivity index (χ1v) is 7.83. The predicted octanol–water partition coefficient (Wildman–Crippen LogP) is 3.04. The Morgan fingerprint density at radius 3 is 2.83 bits per heavy atom. The maximum Gasteiger partial charge on any atom is 0.416 e. The summed E-state index contributed by atoms with van der Waals surface area (Å²) >= 11 is 1.12. The number of nitrogens with zero attached hydrogens (tertiary/aromatic N) is 2. The number of likely N-dealkylation sites (tertiary alicyclic amines) is 1. The van der Waals surface area contributed by atoms with E-state index >= 15 is 0 Å². The average Bonchev–Trinajstić information content (AvgIpc) is 3.15. The monoisotopic (exact) mass is 342 g/mol. The van der Waals surface area contributed by atoms with Crippen LogP contribution >= 0.6 is 11.3 Å². The van der Waals surface area contributed by atoms with Gasteiger partial charge in [0.2, 0.25) is 0 Å². The summed E-state index contributed by atoms with van der Waals surface area (Å²) in [5.74, 6) is -0.309. The van der Waals surface area contributed by atoms with Crippen LogP contribution in [0.25, 0.3) is 10.6 Å². The number of hydrogen-bond acceptors (Lipinski definition) is 4. The molecule has 2 aromatic rings. The number of carbonyl (C=O) groups excluding carboxylic acids is 1. The minimum atomic E-state index is -4.42. The molecular weight excluding hydrogens is 329 g/mol. The second-order valence-corrected chi connectivity index (χ2v) is 6.17. The Balaban J connectivity index is 1.83. The summed E-state index contributed by atoms with van der Waals surface area (Å²) < 4.78 is 38.3. The zero-order chi connectivity index (χ0) is 16.6. The van der Waals surface area contributed by atoms with Crippen LogP contribution in [-0.4, -0.2) is 40.1 Å². The van der Waals surface area contributed by atoms with Gasteiger partial charge in [0, 0.05) is 24.0 Å². The van der Waals surface area contributed by atoms with Gasteiger partial charge in [-0.15, -0.1) is 11.3 Å². The molecule has 1 N–H and O–H groups in total. The number of carbonyl (C=O) groups is 1. The molecule has 8 heteroatoms. The number of thiazole rings is 1. The quantitative estimate of drug-likeness (QED) is 0.913. The van der Waals surface area contributed by atoms with Gasteiger partial charge in [0.25, 0.3) is 5.91 Å². The molecule has 1 aliphatic heterocycles. The minimum Gasteiger partial charge on any atom is -0.391 e. The van der Waals surface area contributed by atoms with Gasteiger partial charge in [0.15, 0.2) is 0 Å². The first-order chi connectivity index (χ1) is 10.8. The summed E-state index contributed by atoms with van der Waals surface area (Å²) in [6, 6.07) is 4.86.